The largest absolute Gasteiger partial charge is 0.480 e. The van der Waals surface area contributed by atoms with E-state index in [0.717, 1.165) is 5.75 Å². The minimum atomic E-state index is 0.896. The maximum Gasteiger partial charge on any atom is 0.122 e. The van der Waals surface area contributed by atoms with Gasteiger partial charge in [0.2, 0.25) is 0 Å². The van der Waals surface area contributed by atoms with Gasteiger partial charge in [-0.25, -0.2) is 0 Å². The Morgan fingerprint density at radius 2 is 1.90 bits per heavy atom. The summed E-state index contributed by atoms with van der Waals surface area (Å²) < 4.78 is 4.97. The predicted molar refractivity (Wildman–Crippen MR) is 46.3 cm³/mol. The third kappa shape index (κ3) is 1.48. The molecule has 1 unspecified atom stereocenters. The Hall–Kier alpha value is -0.550. The van der Waals surface area contributed by atoms with Crippen LogP contribution >= 0.6 is 9.47 Å². The highest BCUT2D eigenvalue weighted by atomic mass is 31.0. The standard InChI is InChI=1S/C8H11OP/c1-6-3-4-8(9-10)5-7(6)2/h3-5H,10H2,1-2H3. The van der Waals surface area contributed by atoms with E-state index in [1.54, 1.807) is 0 Å². The van der Waals surface area contributed by atoms with Crippen molar-refractivity contribution >= 4 is 9.47 Å². The van der Waals surface area contributed by atoms with E-state index < -0.39 is 0 Å². The average Bonchev–Trinajstić information content (AvgIpc) is 1.95. The molecule has 0 amide bonds. The van der Waals surface area contributed by atoms with Crippen LogP contribution in [0.5, 0.6) is 5.75 Å². The third-order valence-corrected chi connectivity index (χ3v) is 1.89. The van der Waals surface area contributed by atoms with Crippen molar-refractivity contribution in [3.63, 3.8) is 0 Å². The molecule has 1 atom stereocenters. The van der Waals surface area contributed by atoms with Gasteiger partial charge in [-0.3, -0.25) is 0 Å². The molecule has 0 spiro atoms. The van der Waals surface area contributed by atoms with Crippen LogP contribution in [0.4, 0.5) is 0 Å². The van der Waals surface area contributed by atoms with Crippen molar-refractivity contribution in [3.05, 3.63) is 29.3 Å². The van der Waals surface area contributed by atoms with Crippen molar-refractivity contribution in [3.8, 4) is 5.75 Å². The Kier molecular flexibility index (Phi) is 2.29. The molecule has 0 bridgehead atoms. The summed E-state index contributed by atoms with van der Waals surface area (Å²) in [4.78, 5) is 0. The summed E-state index contributed by atoms with van der Waals surface area (Å²) in [5.74, 6) is 0.896. The summed E-state index contributed by atoms with van der Waals surface area (Å²) in [5.41, 5.74) is 2.56. The van der Waals surface area contributed by atoms with Crippen LogP contribution in [0.1, 0.15) is 11.1 Å². The molecule has 0 N–H and O–H groups in total. The summed E-state index contributed by atoms with van der Waals surface area (Å²) in [7, 11) is 2.23. The lowest BCUT2D eigenvalue weighted by Crippen LogP contribution is -1.80. The molecule has 0 aliphatic carbocycles. The Balaban J connectivity index is 3.04. The monoisotopic (exact) mass is 154 g/mol. The second-order valence-corrected chi connectivity index (χ2v) is 2.60. The van der Waals surface area contributed by atoms with Gasteiger partial charge in [-0.1, -0.05) is 6.07 Å². The third-order valence-electron chi connectivity index (χ3n) is 1.61. The smallest absolute Gasteiger partial charge is 0.122 e. The first-order chi connectivity index (χ1) is 4.74. The van der Waals surface area contributed by atoms with Crippen molar-refractivity contribution in [1.29, 1.82) is 0 Å². The lowest BCUT2D eigenvalue weighted by molar-refractivity contribution is 0.645. The molecular weight excluding hydrogens is 143 g/mol. The first kappa shape index (κ1) is 7.56. The summed E-state index contributed by atoms with van der Waals surface area (Å²) in [5, 5.41) is 0. The Bertz CT molecular complexity index is 233. The highest BCUT2D eigenvalue weighted by Gasteiger charge is 1.93. The summed E-state index contributed by atoms with van der Waals surface area (Å²) in [6, 6.07) is 6.02. The lowest BCUT2D eigenvalue weighted by Gasteiger charge is -2.02. The second-order valence-electron chi connectivity index (χ2n) is 2.36. The molecule has 1 nitrogen and oxygen atoms in total. The molecule has 0 aromatic heterocycles. The van der Waals surface area contributed by atoms with Crippen LogP contribution in [0.2, 0.25) is 0 Å². The zero-order valence-corrected chi connectivity index (χ0v) is 7.37. The van der Waals surface area contributed by atoms with Gasteiger partial charge in [-0.2, -0.15) is 0 Å². The zero-order valence-electron chi connectivity index (χ0n) is 6.22. The number of hydrogen-bond donors (Lipinski definition) is 0. The maximum absolute atomic E-state index is 4.97. The molecule has 0 aliphatic rings. The highest BCUT2D eigenvalue weighted by molar-refractivity contribution is 7.10. The van der Waals surface area contributed by atoms with E-state index in [2.05, 4.69) is 29.4 Å². The molecule has 1 aromatic rings. The molecule has 2 heteroatoms. The van der Waals surface area contributed by atoms with E-state index in [9.17, 15) is 0 Å². The van der Waals surface area contributed by atoms with Crippen LogP contribution in [0, 0.1) is 13.8 Å². The predicted octanol–water partition coefficient (Wildman–Crippen LogP) is 2.47. The van der Waals surface area contributed by atoms with E-state index in [0.29, 0.717) is 0 Å². The molecule has 54 valence electrons. The minimum Gasteiger partial charge on any atom is -0.480 e. The minimum absolute atomic E-state index is 0.896. The normalized spacial score (nSPS) is 9.50. The quantitative estimate of drug-likeness (QED) is 0.564. The maximum atomic E-state index is 4.97. The summed E-state index contributed by atoms with van der Waals surface area (Å²) in [6.07, 6.45) is 0. The van der Waals surface area contributed by atoms with Gasteiger partial charge in [0.1, 0.15) is 5.75 Å². The first-order valence-corrected chi connectivity index (χ1v) is 3.65. The summed E-state index contributed by atoms with van der Waals surface area (Å²) >= 11 is 0. The highest BCUT2D eigenvalue weighted by Crippen LogP contribution is 2.17. The SMILES string of the molecule is Cc1ccc(OP)cc1C. The van der Waals surface area contributed by atoms with Crippen LogP contribution in [-0.2, 0) is 0 Å². The van der Waals surface area contributed by atoms with Crippen LogP contribution < -0.4 is 4.52 Å². The van der Waals surface area contributed by atoms with Crippen molar-refractivity contribution in [2.45, 2.75) is 13.8 Å². The Labute approximate surface area is 63.7 Å². The van der Waals surface area contributed by atoms with Gasteiger partial charge in [0.05, 0.1) is 9.47 Å². The molecule has 10 heavy (non-hydrogen) atoms. The van der Waals surface area contributed by atoms with Crippen molar-refractivity contribution in [2.75, 3.05) is 0 Å². The van der Waals surface area contributed by atoms with Crippen LogP contribution in [0.25, 0.3) is 0 Å². The number of hydrogen-bond acceptors (Lipinski definition) is 1. The number of rotatable bonds is 1. The van der Waals surface area contributed by atoms with Gasteiger partial charge in [-0.15, -0.1) is 0 Å². The molecule has 0 fully saturated rings. The molecule has 0 saturated heterocycles. The fourth-order valence-electron chi connectivity index (χ4n) is 0.787. The zero-order chi connectivity index (χ0) is 7.56. The fraction of sp³-hybridized carbons (Fsp3) is 0.250. The number of benzene rings is 1. The average molecular weight is 154 g/mol. The second kappa shape index (κ2) is 3.03. The molecule has 0 aliphatic heterocycles. The molecule has 0 heterocycles. The van der Waals surface area contributed by atoms with Gasteiger partial charge in [0.25, 0.3) is 0 Å². The Morgan fingerprint density at radius 3 is 2.40 bits per heavy atom. The van der Waals surface area contributed by atoms with Crippen molar-refractivity contribution < 1.29 is 4.52 Å². The van der Waals surface area contributed by atoms with E-state index in [1.807, 2.05) is 12.1 Å². The van der Waals surface area contributed by atoms with E-state index >= 15 is 0 Å². The molecule has 0 saturated carbocycles. The van der Waals surface area contributed by atoms with Gasteiger partial charge in [-0.05, 0) is 37.1 Å². The van der Waals surface area contributed by atoms with Crippen molar-refractivity contribution in [2.24, 2.45) is 0 Å². The first-order valence-electron chi connectivity index (χ1n) is 3.18. The van der Waals surface area contributed by atoms with Gasteiger partial charge in [0.15, 0.2) is 0 Å². The molecule has 1 rings (SSSR count). The van der Waals surface area contributed by atoms with Crippen molar-refractivity contribution in [1.82, 2.24) is 0 Å². The van der Waals surface area contributed by atoms with Crippen LogP contribution in [-0.4, -0.2) is 0 Å². The van der Waals surface area contributed by atoms with E-state index in [4.69, 9.17) is 4.52 Å². The number of aryl methyl sites for hydroxylation is 2. The molecule has 0 radical (unpaired) electrons. The Morgan fingerprint density at radius 1 is 1.20 bits per heavy atom. The van der Waals surface area contributed by atoms with Crippen LogP contribution in [0.3, 0.4) is 0 Å². The van der Waals surface area contributed by atoms with E-state index in [1.165, 1.54) is 11.1 Å². The molecule has 1 aromatic carbocycles. The van der Waals surface area contributed by atoms with E-state index in [-0.39, 0.29) is 0 Å². The van der Waals surface area contributed by atoms with Crippen LogP contribution in [0.15, 0.2) is 18.2 Å². The van der Waals surface area contributed by atoms with Gasteiger partial charge < -0.3 is 4.52 Å². The topological polar surface area (TPSA) is 9.23 Å². The molecular formula is C8H11OP. The lowest BCUT2D eigenvalue weighted by atomic mass is 10.1. The summed E-state index contributed by atoms with van der Waals surface area (Å²) in [6.45, 7) is 4.16. The van der Waals surface area contributed by atoms with Gasteiger partial charge in [0, 0.05) is 0 Å². The fourth-order valence-corrected chi connectivity index (χ4v) is 0.934. The van der Waals surface area contributed by atoms with Gasteiger partial charge >= 0.3 is 0 Å².